The summed E-state index contributed by atoms with van der Waals surface area (Å²) in [5.41, 5.74) is 12.2. The Morgan fingerprint density at radius 3 is 1.03 bits per heavy atom. The van der Waals surface area contributed by atoms with Crippen LogP contribution in [0.1, 0.15) is 192 Å². The van der Waals surface area contributed by atoms with Crippen molar-refractivity contribution in [2.75, 3.05) is 19.8 Å². The van der Waals surface area contributed by atoms with Gasteiger partial charge in [0.25, 0.3) is 0 Å². The second kappa shape index (κ2) is 30.3. The molecule has 0 unspecified atom stereocenters. The van der Waals surface area contributed by atoms with E-state index in [1.165, 1.54) is 128 Å². The van der Waals surface area contributed by atoms with E-state index in [0.29, 0.717) is 19.8 Å². The van der Waals surface area contributed by atoms with Gasteiger partial charge < -0.3 is 14.2 Å². The fourth-order valence-corrected chi connectivity index (χ4v) is 10.5. The van der Waals surface area contributed by atoms with E-state index in [1.54, 1.807) is 0 Å². The Labute approximate surface area is 450 Å². The summed E-state index contributed by atoms with van der Waals surface area (Å²) in [6, 6.07) is 25.2. The average Bonchev–Trinajstić information content (AvgIpc) is 4.30. The molecule has 0 fully saturated rings. The molecular weight excluding hydrogens is 921 g/mol. The lowest BCUT2D eigenvalue weighted by atomic mass is 9.97. The van der Waals surface area contributed by atoms with Gasteiger partial charge in [-0.3, -0.25) is 0 Å². The number of aliphatic imine (C=N–C) groups is 4. The standard InChI is InChI=1S/C68H84N4O3/c1-4-7-10-13-16-19-22-31-48-73-63-37-28-25-34-54(63)66-57-42-40-52(69-57)51-53-41-43-58(70-53)67(55-35-26-29-38-64(55)74-49-32-23-20-17-14-11-8-5-2)60-45-47-62(72-60)68(61-46-44-59(66)71-61)56-36-27-30-39-65(56)75-50-33-24-21-18-15-12-9-6-3/h25-30,34-47,51H,4-24,31-33,48-50H2,1-3H3. The molecule has 5 aliphatic heterocycles. The van der Waals surface area contributed by atoms with E-state index in [1.807, 2.05) is 0 Å². The summed E-state index contributed by atoms with van der Waals surface area (Å²) in [4.78, 5) is 21.7. The maximum absolute atomic E-state index is 6.75. The predicted octanol–water partition coefficient (Wildman–Crippen LogP) is 18.7. The fraction of sp³-hybridized carbons (Fsp3) is 0.441. The summed E-state index contributed by atoms with van der Waals surface area (Å²) in [6.45, 7) is 8.79. The molecule has 8 rings (SSSR count). The van der Waals surface area contributed by atoms with Gasteiger partial charge in [-0.05, 0) is 92.1 Å². The molecule has 0 radical (unpaired) electrons. The Morgan fingerprint density at radius 1 is 0.307 bits per heavy atom. The third-order valence-electron chi connectivity index (χ3n) is 14.7. The molecule has 3 aromatic carbocycles. The number of fused-ring (bicyclic) bond motifs is 4. The highest BCUT2D eigenvalue weighted by Crippen LogP contribution is 2.41. The minimum Gasteiger partial charge on any atom is -0.493 e. The molecule has 0 atom stereocenters. The van der Waals surface area contributed by atoms with E-state index in [9.17, 15) is 0 Å². The molecule has 0 aliphatic carbocycles. The van der Waals surface area contributed by atoms with Crippen molar-refractivity contribution in [2.24, 2.45) is 20.0 Å². The van der Waals surface area contributed by atoms with Gasteiger partial charge in [-0.15, -0.1) is 0 Å². The van der Waals surface area contributed by atoms with Gasteiger partial charge in [0, 0.05) is 33.4 Å². The van der Waals surface area contributed by atoms with Crippen molar-refractivity contribution in [3.63, 3.8) is 0 Å². The SMILES string of the molecule is CCCCCCCCCCOc1ccccc1C1=C2C=CC(=N2)C=C2C=CC(=N2)C(c2ccccc2OCCCCCCCCCC)=C2C=CC(=N2)C(c2ccccc2OCCCCCCCCCC)=C2C=CC1=N2. The summed E-state index contributed by atoms with van der Waals surface area (Å²) >= 11 is 0. The molecule has 7 nitrogen and oxygen atoms in total. The van der Waals surface area contributed by atoms with E-state index in [-0.39, 0.29) is 0 Å². The highest BCUT2D eigenvalue weighted by Gasteiger charge is 2.28. The molecule has 0 N–H and O–H groups in total. The first-order chi connectivity index (χ1) is 37.1. The Morgan fingerprint density at radius 2 is 0.627 bits per heavy atom. The molecule has 5 aliphatic rings. The van der Waals surface area contributed by atoms with Crippen molar-refractivity contribution in [2.45, 2.75) is 175 Å². The van der Waals surface area contributed by atoms with Crippen LogP contribution in [-0.4, -0.2) is 42.7 Å². The summed E-state index contributed by atoms with van der Waals surface area (Å²) in [5.74, 6) is 2.50. The molecule has 0 spiro atoms. The molecular formula is C68H84N4O3. The van der Waals surface area contributed by atoms with Crippen LogP contribution in [0.3, 0.4) is 0 Å². The van der Waals surface area contributed by atoms with Crippen molar-refractivity contribution in [1.82, 2.24) is 0 Å². The van der Waals surface area contributed by atoms with Crippen LogP contribution in [0, 0.1) is 0 Å². The van der Waals surface area contributed by atoms with Gasteiger partial charge in [-0.1, -0.05) is 210 Å². The Hall–Kier alpha value is -6.34. The number of ether oxygens (including phenoxy) is 3. The summed E-state index contributed by atoms with van der Waals surface area (Å²) in [6.07, 6.45) is 48.9. The maximum Gasteiger partial charge on any atom is 0.127 e. The first kappa shape index (κ1) is 54.9. The summed E-state index contributed by atoms with van der Waals surface area (Å²) in [5, 5.41) is 0. The zero-order chi connectivity index (χ0) is 51.7. The molecule has 394 valence electrons. The minimum absolute atomic E-state index is 0.646. The topological polar surface area (TPSA) is 77.1 Å². The van der Waals surface area contributed by atoms with E-state index in [4.69, 9.17) is 34.2 Å². The normalized spacial score (nSPS) is 15.5. The number of benzene rings is 3. The Bertz CT molecular complexity index is 2700. The number of allylic oxidation sites excluding steroid dienone is 12. The van der Waals surface area contributed by atoms with Crippen LogP contribution in [0.25, 0.3) is 16.7 Å². The largest absolute Gasteiger partial charge is 0.493 e. The molecule has 75 heavy (non-hydrogen) atoms. The number of unbranched alkanes of at least 4 members (excludes halogenated alkanes) is 21. The van der Waals surface area contributed by atoms with E-state index in [2.05, 4.69) is 148 Å². The van der Waals surface area contributed by atoms with Gasteiger partial charge in [0.1, 0.15) is 17.2 Å². The van der Waals surface area contributed by atoms with Crippen molar-refractivity contribution in [1.29, 1.82) is 0 Å². The van der Waals surface area contributed by atoms with Gasteiger partial charge in [0.05, 0.1) is 65.5 Å². The zero-order valence-corrected chi connectivity index (χ0v) is 45.7. The third kappa shape index (κ3) is 15.9. The summed E-state index contributed by atoms with van der Waals surface area (Å²) in [7, 11) is 0. The first-order valence-electron chi connectivity index (χ1n) is 29.3. The maximum atomic E-state index is 6.75. The quantitative estimate of drug-likeness (QED) is 0.0570. The van der Waals surface area contributed by atoms with Crippen LogP contribution < -0.4 is 14.2 Å². The number of para-hydroxylation sites is 3. The van der Waals surface area contributed by atoms with Crippen LogP contribution in [0.5, 0.6) is 17.2 Å². The molecule has 0 amide bonds. The number of nitrogens with zero attached hydrogens (tertiary/aromatic N) is 4. The van der Waals surface area contributed by atoms with Crippen LogP contribution in [0.4, 0.5) is 0 Å². The second-order valence-electron chi connectivity index (χ2n) is 20.7. The van der Waals surface area contributed by atoms with E-state index in [0.717, 1.165) is 122 Å². The molecule has 0 aromatic heterocycles. The Balaban J connectivity index is 1.16. The van der Waals surface area contributed by atoms with Crippen molar-refractivity contribution in [3.05, 3.63) is 167 Å². The van der Waals surface area contributed by atoms with Gasteiger partial charge in [0.2, 0.25) is 0 Å². The predicted molar refractivity (Wildman–Crippen MR) is 319 cm³/mol. The Kier molecular flexibility index (Phi) is 22.2. The lowest BCUT2D eigenvalue weighted by Crippen LogP contribution is -2.07. The number of hydrogen-bond acceptors (Lipinski definition) is 7. The average molecular weight is 1010 g/mol. The number of rotatable bonds is 33. The smallest absolute Gasteiger partial charge is 0.127 e. The highest BCUT2D eigenvalue weighted by atomic mass is 16.5. The van der Waals surface area contributed by atoms with Crippen molar-refractivity contribution in [3.8, 4) is 17.2 Å². The lowest BCUT2D eigenvalue weighted by molar-refractivity contribution is 0.303. The number of hydrogen-bond donors (Lipinski definition) is 0. The summed E-state index contributed by atoms with van der Waals surface area (Å²) < 4.78 is 20.1. The van der Waals surface area contributed by atoms with Gasteiger partial charge in [0.15, 0.2) is 0 Å². The second-order valence-corrected chi connectivity index (χ2v) is 20.7. The molecule has 0 saturated carbocycles. The van der Waals surface area contributed by atoms with Gasteiger partial charge in [-0.2, -0.15) is 0 Å². The van der Waals surface area contributed by atoms with Crippen LogP contribution in [0.15, 0.2) is 170 Å². The minimum atomic E-state index is 0.646. The van der Waals surface area contributed by atoms with E-state index < -0.39 is 0 Å². The third-order valence-corrected chi connectivity index (χ3v) is 14.7. The zero-order valence-electron chi connectivity index (χ0n) is 45.7. The van der Waals surface area contributed by atoms with E-state index >= 15 is 0 Å². The lowest BCUT2D eigenvalue weighted by Gasteiger charge is -2.17. The molecule has 3 aromatic rings. The molecule has 0 saturated heterocycles. The van der Waals surface area contributed by atoms with Crippen molar-refractivity contribution >= 4 is 39.6 Å². The molecule has 5 heterocycles. The first-order valence-corrected chi connectivity index (χ1v) is 29.3. The molecule has 7 heteroatoms. The van der Waals surface area contributed by atoms with Crippen molar-refractivity contribution < 1.29 is 14.2 Å². The van der Waals surface area contributed by atoms with Gasteiger partial charge in [-0.25, -0.2) is 20.0 Å². The monoisotopic (exact) mass is 1000 g/mol. The van der Waals surface area contributed by atoms with Crippen LogP contribution in [0.2, 0.25) is 0 Å². The fourth-order valence-electron chi connectivity index (χ4n) is 10.5. The van der Waals surface area contributed by atoms with Crippen LogP contribution >= 0.6 is 0 Å². The van der Waals surface area contributed by atoms with Gasteiger partial charge >= 0.3 is 0 Å². The van der Waals surface area contributed by atoms with Crippen LogP contribution in [-0.2, 0) is 0 Å². The molecule has 8 bridgehead atoms. The highest BCUT2D eigenvalue weighted by molar-refractivity contribution is 6.38.